The number of hydrogen-bond donors (Lipinski definition) is 2. The molecule has 6 heteroatoms. The molecule has 1 atom stereocenters. The molecule has 0 fully saturated rings. The molecule has 2 rings (SSSR count). The number of aromatic nitrogens is 1. The molecular formula is C15H17BrFN3O. The van der Waals surface area contributed by atoms with E-state index in [1.54, 1.807) is 24.5 Å². The van der Waals surface area contributed by atoms with Crippen molar-refractivity contribution in [2.24, 2.45) is 5.84 Å². The summed E-state index contributed by atoms with van der Waals surface area (Å²) < 4.78 is 19.6. The van der Waals surface area contributed by atoms with Crippen LogP contribution in [0.4, 0.5) is 4.39 Å². The van der Waals surface area contributed by atoms with Crippen molar-refractivity contribution < 1.29 is 9.13 Å². The van der Waals surface area contributed by atoms with Crippen LogP contribution in [0.25, 0.3) is 0 Å². The number of hydrogen-bond acceptors (Lipinski definition) is 4. The first-order chi connectivity index (χ1) is 10.2. The lowest BCUT2D eigenvalue weighted by molar-refractivity contribution is 0.315. The van der Waals surface area contributed by atoms with Crippen molar-refractivity contribution in [1.82, 2.24) is 10.4 Å². The fourth-order valence-corrected chi connectivity index (χ4v) is 2.49. The highest BCUT2D eigenvalue weighted by Crippen LogP contribution is 2.30. The Morgan fingerprint density at radius 3 is 2.95 bits per heavy atom. The van der Waals surface area contributed by atoms with Crippen LogP contribution in [0.15, 0.2) is 41.1 Å². The van der Waals surface area contributed by atoms with E-state index in [0.717, 1.165) is 12.0 Å². The van der Waals surface area contributed by atoms with Crippen LogP contribution in [0.5, 0.6) is 5.75 Å². The Hall–Kier alpha value is -1.50. The van der Waals surface area contributed by atoms with Crippen molar-refractivity contribution in [3.63, 3.8) is 0 Å². The average molecular weight is 354 g/mol. The SMILES string of the molecule is CCCOc1cncc(C(NN)c2cccc(F)c2Br)c1. The van der Waals surface area contributed by atoms with Gasteiger partial charge in [-0.1, -0.05) is 19.1 Å². The summed E-state index contributed by atoms with van der Waals surface area (Å²) >= 11 is 3.26. The topological polar surface area (TPSA) is 60.2 Å². The van der Waals surface area contributed by atoms with Gasteiger partial charge in [-0.15, -0.1) is 0 Å². The second-order valence-electron chi connectivity index (χ2n) is 4.55. The van der Waals surface area contributed by atoms with Gasteiger partial charge in [0.25, 0.3) is 0 Å². The van der Waals surface area contributed by atoms with E-state index in [9.17, 15) is 4.39 Å². The summed E-state index contributed by atoms with van der Waals surface area (Å²) in [5.74, 6) is 5.98. The Balaban J connectivity index is 2.35. The summed E-state index contributed by atoms with van der Waals surface area (Å²) in [5.41, 5.74) is 4.20. The molecule has 0 saturated heterocycles. The third-order valence-electron chi connectivity index (χ3n) is 3.00. The number of pyridine rings is 1. The minimum Gasteiger partial charge on any atom is -0.492 e. The number of ether oxygens (including phenoxy) is 1. The van der Waals surface area contributed by atoms with Gasteiger partial charge in [-0.3, -0.25) is 10.8 Å². The van der Waals surface area contributed by atoms with Crippen LogP contribution in [0, 0.1) is 5.82 Å². The number of nitrogens with one attached hydrogen (secondary N) is 1. The normalized spacial score (nSPS) is 12.2. The van der Waals surface area contributed by atoms with Gasteiger partial charge in [-0.2, -0.15) is 0 Å². The minimum atomic E-state index is -0.382. The summed E-state index contributed by atoms with van der Waals surface area (Å²) in [6.45, 7) is 2.65. The number of benzene rings is 1. The summed E-state index contributed by atoms with van der Waals surface area (Å²) in [5, 5.41) is 0. The predicted molar refractivity (Wildman–Crippen MR) is 83.3 cm³/mol. The summed E-state index contributed by atoms with van der Waals surface area (Å²) in [7, 11) is 0. The van der Waals surface area contributed by atoms with E-state index in [-0.39, 0.29) is 11.9 Å². The molecule has 112 valence electrons. The standard InChI is InChI=1S/C15H17BrFN3O/c1-2-6-21-11-7-10(8-19-9-11)15(20-18)12-4-3-5-13(17)14(12)16/h3-5,7-9,15,20H,2,6,18H2,1H3. The van der Waals surface area contributed by atoms with Gasteiger partial charge < -0.3 is 4.74 Å². The van der Waals surface area contributed by atoms with E-state index >= 15 is 0 Å². The summed E-state index contributed by atoms with van der Waals surface area (Å²) in [6.07, 6.45) is 4.24. The van der Waals surface area contributed by atoms with Gasteiger partial charge in [-0.05, 0) is 45.6 Å². The van der Waals surface area contributed by atoms with E-state index in [4.69, 9.17) is 10.6 Å². The number of rotatable bonds is 6. The first-order valence-electron chi connectivity index (χ1n) is 6.65. The molecular weight excluding hydrogens is 337 g/mol. The maximum Gasteiger partial charge on any atom is 0.137 e. The second kappa shape index (κ2) is 7.49. The highest BCUT2D eigenvalue weighted by molar-refractivity contribution is 9.10. The first-order valence-corrected chi connectivity index (χ1v) is 7.44. The van der Waals surface area contributed by atoms with Crippen LogP contribution in [0.3, 0.4) is 0 Å². The molecule has 3 N–H and O–H groups in total. The molecule has 0 aliphatic rings. The summed E-state index contributed by atoms with van der Waals surface area (Å²) in [6, 6.07) is 6.31. The highest BCUT2D eigenvalue weighted by atomic mass is 79.9. The molecule has 1 aromatic carbocycles. The third kappa shape index (κ3) is 3.78. The molecule has 0 saturated carbocycles. The van der Waals surface area contributed by atoms with Crippen LogP contribution >= 0.6 is 15.9 Å². The van der Waals surface area contributed by atoms with Crippen molar-refractivity contribution in [3.05, 3.63) is 58.1 Å². The molecule has 4 nitrogen and oxygen atoms in total. The van der Waals surface area contributed by atoms with Crippen LogP contribution in [0.2, 0.25) is 0 Å². The Kier molecular flexibility index (Phi) is 5.67. The zero-order valence-corrected chi connectivity index (χ0v) is 13.2. The molecule has 0 amide bonds. The van der Waals surface area contributed by atoms with Gasteiger partial charge in [0, 0.05) is 6.20 Å². The fraction of sp³-hybridized carbons (Fsp3) is 0.267. The van der Waals surface area contributed by atoms with Crippen molar-refractivity contribution in [2.45, 2.75) is 19.4 Å². The van der Waals surface area contributed by atoms with Crippen molar-refractivity contribution in [3.8, 4) is 5.75 Å². The lowest BCUT2D eigenvalue weighted by atomic mass is 10.0. The van der Waals surface area contributed by atoms with Crippen molar-refractivity contribution in [1.29, 1.82) is 0 Å². The Labute approximate surface area is 131 Å². The van der Waals surface area contributed by atoms with Crippen LogP contribution in [-0.4, -0.2) is 11.6 Å². The van der Waals surface area contributed by atoms with Gasteiger partial charge in [0.15, 0.2) is 0 Å². The lowest BCUT2D eigenvalue weighted by Gasteiger charge is -2.19. The van der Waals surface area contributed by atoms with Crippen LogP contribution < -0.4 is 16.0 Å². The minimum absolute atomic E-state index is 0.334. The largest absolute Gasteiger partial charge is 0.492 e. The molecule has 21 heavy (non-hydrogen) atoms. The number of hydrazine groups is 1. The van der Waals surface area contributed by atoms with Crippen LogP contribution in [0.1, 0.15) is 30.5 Å². The molecule has 0 aliphatic carbocycles. The molecule has 1 aromatic heterocycles. The Bertz CT molecular complexity index is 609. The number of nitrogens with zero attached hydrogens (tertiary/aromatic N) is 1. The lowest BCUT2D eigenvalue weighted by Crippen LogP contribution is -2.29. The predicted octanol–water partition coefficient (Wildman–Crippen LogP) is 3.32. The van der Waals surface area contributed by atoms with Crippen molar-refractivity contribution in [2.75, 3.05) is 6.61 Å². The monoisotopic (exact) mass is 353 g/mol. The number of halogens is 2. The zero-order chi connectivity index (χ0) is 15.2. The van der Waals surface area contributed by atoms with E-state index in [1.807, 2.05) is 13.0 Å². The number of nitrogens with two attached hydrogens (primary N) is 1. The average Bonchev–Trinajstić information content (AvgIpc) is 2.50. The van der Waals surface area contributed by atoms with Gasteiger partial charge in [0.05, 0.1) is 23.3 Å². The zero-order valence-electron chi connectivity index (χ0n) is 11.6. The third-order valence-corrected chi connectivity index (χ3v) is 3.84. The van der Waals surface area contributed by atoms with E-state index < -0.39 is 0 Å². The van der Waals surface area contributed by atoms with Crippen LogP contribution in [-0.2, 0) is 0 Å². The highest BCUT2D eigenvalue weighted by Gasteiger charge is 2.18. The van der Waals surface area contributed by atoms with Gasteiger partial charge in [-0.25, -0.2) is 9.82 Å². The van der Waals surface area contributed by atoms with Crippen molar-refractivity contribution >= 4 is 15.9 Å². The maximum absolute atomic E-state index is 13.7. The second-order valence-corrected chi connectivity index (χ2v) is 5.34. The molecule has 1 unspecified atom stereocenters. The maximum atomic E-state index is 13.7. The van der Waals surface area contributed by atoms with Gasteiger partial charge in [0.2, 0.25) is 0 Å². The molecule has 0 bridgehead atoms. The smallest absolute Gasteiger partial charge is 0.137 e. The molecule has 2 aromatic rings. The molecule has 0 spiro atoms. The van der Waals surface area contributed by atoms with Gasteiger partial charge >= 0.3 is 0 Å². The van der Waals surface area contributed by atoms with E-state index in [2.05, 4.69) is 26.3 Å². The molecule has 0 aliphatic heterocycles. The molecule has 1 heterocycles. The quantitative estimate of drug-likeness (QED) is 0.617. The fourth-order valence-electron chi connectivity index (χ4n) is 2.00. The first kappa shape index (κ1) is 15.9. The Morgan fingerprint density at radius 2 is 2.24 bits per heavy atom. The summed E-state index contributed by atoms with van der Waals surface area (Å²) in [4.78, 5) is 4.15. The van der Waals surface area contributed by atoms with E-state index in [1.165, 1.54) is 6.07 Å². The molecule has 0 radical (unpaired) electrons. The van der Waals surface area contributed by atoms with Gasteiger partial charge in [0.1, 0.15) is 11.6 Å². The van der Waals surface area contributed by atoms with E-state index in [0.29, 0.717) is 22.4 Å². The Morgan fingerprint density at radius 1 is 1.43 bits per heavy atom.